The van der Waals surface area contributed by atoms with E-state index in [1.807, 2.05) is 0 Å². The zero-order valence-electron chi connectivity index (χ0n) is 11.2. The summed E-state index contributed by atoms with van der Waals surface area (Å²) in [5, 5.41) is 9.68. The number of nitrogens with one attached hydrogen (secondary N) is 1. The van der Waals surface area contributed by atoms with Crippen molar-refractivity contribution in [3.05, 3.63) is 30.0 Å². The van der Waals surface area contributed by atoms with Crippen molar-refractivity contribution in [3.63, 3.8) is 0 Å². The topological polar surface area (TPSA) is 140 Å². The summed E-state index contributed by atoms with van der Waals surface area (Å²) in [6.07, 6.45) is -0.744. The maximum Gasteiger partial charge on any atom is 0.420 e. The molecule has 0 radical (unpaired) electrons. The maximum absolute atomic E-state index is 12.2. The lowest BCUT2D eigenvalue weighted by Crippen LogP contribution is -2.30. The smallest absolute Gasteiger partial charge is 0.420 e. The highest BCUT2D eigenvalue weighted by atomic mass is 16.6. The zero-order valence-corrected chi connectivity index (χ0v) is 11.2. The van der Waals surface area contributed by atoms with Crippen LogP contribution in [0.5, 0.6) is 0 Å². The third kappa shape index (κ3) is 2.76. The molecule has 1 aromatic carbocycles. The molecular weight excluding hydrogens is 276 g/mol. The van der Waals surface area contributed by atoms with Crippen LogP contribution in [-0.4, -0.2) is 34.0 Å². The number of H-pyrrole nitrogens is 1. The number of aromatic amines is 1. The first kappa shape index (κ1) is 14.3. The van der Waals surface area contributed by atoms with Gasteiger partial charge in [0.05, 0.1) is 18.0 Å². The largest absolute Gasteiger partial charge is 0.449 e. The molecule has 2 rings (SSSR count). The SMILES string of the molecule is CCOC(=O)N(c1ccccc1N)c1n[nH]nc1C(N)=O. The summed E-state index contributed by atoms with van der Waals surface area (Å²) in [4.78, 5) is 24.6. The van der Waals surface area contributed by atoms with Crippen LogP contribution in [0.2, 0.25) is 0 Å². The van der Waals surface area contributed by atoms with Crippen LogP contribution in [0.3, 0.4) is 0 Å². The van der Waals surface area contributed by atoms with Gasteiger partial charge < -0.3 is 16.2 Å². The van der Waals surface area contributed by atoms with Gasteiger partial charge in [0.1, 0.15) is 0 Å². The molecule has 0 aliphatic rings. The Hall–Kier alpha value is -3.10. The molecule has 110 valence electrons. The molecule has 0 bridgehead atoms. The minimum Gasteiger partial charge on any atom is -0.449 e. The Kier molecular flexibility index (Phi) is 4.02. The molecule has 0 spiro atoms. The van der Waals surface area contributed by atoms with Gasteiger partial charge in [0.15, 0.2) is 11.5 Å². The number of rotatable bonds is 4. The van der Waals surface area contributed by atoms with E-state index in [1.165, 1.54) is 0 Å². The van der Waals surface area contributed by atoms with Crippen LogP contribution in [0.15, 0.2) is 24.3 Å². The fourth-order valence-corrected chi connectivity index (χ4v) is 1.72. The summed E-state index contributed by atoms with van der Waals surface area (Å²) in [5.41, 5.74) is 11.5. The number of hydrogen-bond donors (Lipinski definition) is 3. The number of carbonyl (C=O) groups excluding carboxylic acids is 2. The minimum atomic E-state index is -0.831. The van der Waals surface area contributed by atoms with Crippen molar-refractivity contribution >= 4 is 29.2 Å². The molecule has 2 amide bonds. The molecular formula is C12H14N6O3. The Morgan fingerprint density at radius 3 is 2.67 bits per heavy atom. The number of primary amides is 1. The van der Waals surface area contributed by atoms with Crippen LogP contribution in [0, 0.1) is 0 Å². The van der Waals surface area contributed by atoms with E-state index >= 15 is 0 Å². The predicted octanol–water partition coefficient (Wildman–Crippen LogP) is 0.780. The van der Waals surface area contributed by atoms with E-state index in [0.29, 0.717) is 11.4 Å². The molecule has 9 heteroatoms. The fraction of sp³-hybridized carbons (Fsp3) is 0.167. The second-order valence-electron chi connectivity index (χ2n) is 3.95. The number of ether oxygens (including phenoxy) is 1. The van der Waals surface area contributed by atoms with Crippen LogP contribution < -0.4 is 16.4 Å². The van der Waals surface area contributed by atoms with Gasteiger partial charge in [0.2, 0.25) is 0 Å². The number of hydrogen-bond acceptors (Lipinski definition) is 6. The number of nitrogens with two attached hydrogens (primary N) is 2. The number of aromatic nitrogens is 3. The highest BCUT2D eigenvalue weighted by molar-refractivity contribution is 6.04. The molecule has 0 unspecified atom stereocenters. The Morgan fingerprint density at radius 1 is 1.33 bits per heavy atom. The van der Waals surface area contributed by atoms with Gasteiger partial charge in [0.25, 0.3) is 5.91 Å². The molecule has 0 aliphatic heterocycles. The van der Waals surface area contributed by atoms with Crippen LogP contribution in [0.1, 0.15) is 17.4 Å². The van der Waals surface area contributed by atoms with E-state index in [9.17, 15) is 9.59 Å². The Balaban J connectivity index is 2.56. The number of amides is 2. The second-order valence-corrected chi connectivity index (χ2v) is 3.95. The molecule has 0 saturated carbocycles. The third-order valence-electron chi connectivity index (χ3n) is 2.60. The van der Waals surface area contributed by atoms with E-state index < -0.39 is 12.0 Å². The normalized spacial score (nSPS) is 10.1. The van der Waals surface area contributed by atoms with Crippen molar-refractivity contribution in [2.24, 2.45) is 5.73 Å². The average Bonchev–Trinajstić information content (AvgIpc) is 2.91. The molecule has 1 aromatic heterocycles. The summed E-state index contributed by atoms with van der Waals surface area (Å²) in [7, 11) is 0. The molecule has 5 N–H and O–H groups in total. The molecule has 1 heterocycles. The molecule has 21 heavy (non-hydrogen) atoms. The Labute approximate surface area is 119 Å². The van der Waals surface area contributed by atoms with Gasteiger partial charge in [0, 0.05) is 0 Å². The molecule has 0 saturated heterocycles. The predicted molar refractivity (Wildman–Crippen MR) is 74.9 cm³/mol. The van der Waals surface area contributed by atoms with E-state index in [2.05, 4.69) is 15.4 Å². The number of anilines is 3. The van der Waals surface area contributed by atoms with Gasteiger partial charge in [-0.25, -0.2) is 9.69 Å². The van der Waals surface area contributed by atoms with E-state index in [1.54, 1.807) is 31.2 Å². The van der Waals surface area contributed by atoms with E-state index in [-0.39, 0.29) is 18.1 Å². The minimum absolute atomic E-state index is 0.0705. The van der Waals surface area contributed by atoms with Crippen molar-refractivity contribution in [3.8, 4) is 0 Å². The van der Waals surface area contributed by atoms with E-state index in [0.717, 1.165) is 4.90 Å². The number of nitrogens with zero attached hydrogens (tertiary/aromatic N) is 3. The summed E-state index contributed by atoms with van der Waals surface area (Å²) < 4.78 is 4.97. The number of carbonyl (C=O) groups is 2. The van der Waals surface area contributed by atoms with Crippen LogP contribution in [0.4, 0.5) is 22.0 Å². The van der Waals surface area contributed by atoms with Crippen molar-refractivity contribution < 1.29 is 14.3 Å². The standard InChI is InChI=1S/C12H14N6O3/c1-2-21-12(20)18(8-6-4-3-5-7(8)13)11-9(10(14)19)15-17-16-11/h3-6H,2,13H2,1H3,(H2,14,19)(H,15,16,17). The van der Waals surface area contributed by atoms with Gasteiger partial charge in [-0.15, -0.1) is 10.2 Å². The second kappa shape index (κ2) is 5.90. The van der Waals surface area contributed by atoms with Crippen molar-refractivity contribution in [2.75, 3.05) is 17.2 Å². The van der Waals surface area contributed by atoms with Crippen LogP contribution in [0.25, 0.3) is 0 Å². The van der Waals surface area contributed by atoms with Gasteiger partial charge >= 0.3 is 6.09 Å². The van der Waals surface area contributed by atoms with Crippen molar-refractivity contribution in [1.29, 1.82) is 0 Å². The van der Waals surface area contributed by atoms with Gasteiger partial charge in [-0.3, -0.25) is 4.79 Å². The lowest BCUT2D eigenvalue weighted by molar-refractivity contribution is 0.0996. The van der Waals surface area contributed by atoms with Gasteiger partial charge in [-0.1, -0.05) is 12.1 Å². The summed E-state index contributed by atoms with van der Waals surface area (Å²) >= 11 is 0. The van der Waals surface area contributed by atoms with Gasteiger partial charge in [-0.05, 0) is 19.1 Å². The first-order valence-corrected chi connectivity index (χ1v) is 6.08. The molecule has 2 aromatic rings. The highest BCUT2D eigenvalue weighted by Crippen LogP contribution is 2.31. The lowest BCUT2D eigenvalue weighted by atomic mass is 10.2. The zero-order chi connectivity index (χ0) is 15.4. The number of benzene rings is 1. The molecule has 0 atom stereocenters. The highest BCUT2D eigenvalue weighted by Gasteiger charge is 2.28. The number of nitrogen functional groups attached to an aromatic ring is 1. The summed E-state index contributed by atoms with van der Waals surface area (Å²) in [6, 6.07) is 6.58. The van der Waals surface area contributed by atoms with E-state index in [4.69, 9.17) is 16.2 Å². The lowest BCUT2D eigenvalue weighted by Gasteiger charge is -2.21. The first-order chi connectivity index (χ1) is 10.1. The quantitative estimate of drug-likeness (QED) is 0.711. The fourth-order valence-electron chi connectivity index (χ4n) is 1.72. The first-order valence-electron chi connectivity index (χ1n) is 6.08. The van der Waals surface area contributed by atoms with Crippen LogP contribution >= 0.6 is 0 Å². The van der Waals surface area contributed by atoms with Crippen LogP contribution in [-0.2, 0) is 4.74 Å². The third-order valence-corrected chi connectivity index (χ3v) is 2.60. The molecule has 9 nitrogen and oxygen atoms in total. The van der Waals surface area contributed by atoms with Crippen molar-refractivity contribution in [2.45, 2.75) is 6.92 Å². The Bertz CT molecular complexity index is 669. The molecule has 0 fully saturated rings. The number of para-hydroxylation sites is 2. The monoisotopic (exact) mass is 290 g/mol. The molecule has 0 aliphatic carbocycles. The van der Waals surface area contributed by atoms with Crippen molar-refractivity contribution in [1.82, 2.24) is 15.4 Å². The van der Waals surface area contributed by atoms with Gasteiger partial charge in [-0.2, -0.15) is 5.21 Å². The summed E-state index contributed by atoms with van der Waals surface area (Å²) in [6.45, 7) is 1.80. The summed E-state index contributed by atoms with van der Waals surface area (Å²) in [5.74, 6) is -0.901. The average molecular weight is 290 g/mol. The maximum atomic E-state index is 12.2. The Morgan fingerprint density at radius 2 is 2.05 bits per heavy atom.